The van der Waals surface area contributed by atoms with Crippen molar-refractivity contribution in [2.45, 2.75) is 32.3 Å². The summed E-state index contributed by atoms with van der Waals surface area (Å²) in [4.78, 5) is 0. The molecular formula is C11H12F2O2. The molecule has 0 spiro atoms. The zero-order chi connectivity index (χ0) is 11.0. The van der Waals surface area contributed by atoms with Gasteiger partial charge in [-0.05, 0) is 26.0 Å². The summed E-state index contributed by atoms with van der Waals surface area (Å²) in [5.74, 6) is -1.28. The van der Waals surface area contributed by atoms with Gasteiger partial charge in [-0.2, -0.15) is 0 Å². The molecule has 1 heterocycles. The molecule has 15 heavy (non-hydrogen) atoms. The van der Waals surface area contributed by atoms with Crippen molar-refractivity contribution >= 4 is 0 Å². The zero-order valence-corrected chi connectivity index (χ0v) is 8.54. The summed E-state index contributed by atoms with van der Waals surface area (Å²) in [6, 6.07) is 3.70. The Labute approximate surface area is 86.8 Å². The fourth-order valence-electron chi connectivity index (χ4n) is 1.52. The van der Waals surface area contributed by atoms with Crippen molar-refractivity contribution in [2.24, 2.45) is 0 Å². The van der Waals surface area contributed by atoms with Crippen LogP contribution in [0.4, 0.5) is 8.78 Å². The molecule has 0 aromatic heterocycles. The smallest absolute Gasteiger partial charge is 0.190 e. The maximum atomic E-state index is 13.4. The first-order chi connectivity index (χ1) is 7.09. The van der Waals surface area contributed by atoms with Crippen LogP contribution in [-0.4, -0.2) is 12.2 Å². The highest BCUT2D eigenvalue weighted by Crippen LogP contribution is 2.33. The molecule has 1 aliphatic heterocycles. The molecule has 4 heteroatoms. The van der Waals surface area contributed by atoms with Crippen molar-refractivity contribution in [1.82, 2.24) is 0 Å². The van der Waals surface area contributed by atoms with E-state index in [-0.39, 0.29) is 17.8 Å². The van der Waals surface area contributed by atoms with E-state index in [0.29, 0.717) is 0 Å². The molecule has 0 radical (unpaired) electrons. The first-order valence-corrected chi connectivity index (χ1v) is 4.84. The molecule has 0 aliphatic carbocycles. The van der Waals surface area contributed by atoms with Crippen molar-refractivity contribution in [3.8, 4) is 0 Å². The van der Waals surface area contributed by atoms with Gasteiger partial charge in [-0.1, -0.05) is 6.07 Å². The van der Waals surface area contributed by atoms with E-state index >= 15 is 0 Å². The Morgan fingerprint density at radius 2 is 1.47 bits per heavy atom. The van der Waals surface area contributed by atoms with Crippen LogP contribution in [0, 0.1) is 11.6 Å². The third kappa shape index (κ3) is 1.87. The Morgan fingerprint density at radius 1 is 1.00 bits per heavy atom. The lowest BCUT2D eigenvalue weighted by molar-refractivity contribution is -0.0696. The van der Waals surface area contributed by atoms with E-state index in [2.05, 4.69) is 0 Å². The molecule has 0 bridgehead atoms. The molecule has 1 aromatic carbocycles. The molecule has 2 nitrogen and oxygen atoms in total. The van der Waals surface area contributed by atoms with Crippen LogP contribution in [-0.2, 0) is 9.47 Å². The van der Waals surface area contributed by atoms with E-state index in [9.17, 15) is 8.78 Å². The SMILES string of the molecule is C[C@H]1OC(c2c(F)cccc2F)O[C@@H]1C. The van der Waals surface area contributed by atoms with Gasteiger partial charge in [-0.15, -0.1) is 0 Å². The highest BCUT2D eigenvalue weighted by atomic mass is 19.1. The molecule has 82 valence electrons. The molecule has 2 atom stereocenters. The summed E-state index contributed by atoms with van der Waals surface area (Å²) in [6.45, 7) is 3.62. The summed E-state index contributed by atoms with van der Waals surface area (Å²) in [5.41, 5.74) is -0.145. The van der Waals surface area contributed by atoms with Crippen molar-refractivity contribution in [3.63, 3.8) is 0 Å². The Hall–Kier alpha value is -1.00. The van der Waals surface area contributed by atoms with Gasteiger partial charge < -0.3 is 9.47 Å². The number of rotatable bonds is 1. The zero-order valence-electron chi connectivity index (χ0n) is 8.54. The normalized spacial score (nSPS) is 27.2. The Bertz CT molecular complexity index is 337. The monoisotopic (exact) mass is 214 g/mol. The molecule has 0 saturated carbocycles. The predicted octanol–water partition coefficient (Wildman–Crippen LogP) is 2.79. The Kier molecular flexibility index (Phi) is 2.71. The lowest BCUT2D eigenvalue weighted by Gasteiger charge is -2.11. The van der Waals surface area contributed by atoms with Crippen molar-refractivity contribution in [3.05, 3.63) is 35.4 Å². The average Bonchev–Trinajstić information content (AvgIpc) is 2.46. The van der Waals surface area contributed by atoms with Gasteiger partial charge in [0.2, 0.25) is 0 Å². The van der Waals surface area contributed by atoms with Gasteiger partial charge in [0.1, 0.15) is 11.6 Å². The van der Waals surface area contributed by atoms with Gasteiger partial charge in [-0.3, -0.25) is 0 Å². The molecule has 0 N–H and O–H groups in total. The lowest BCUT2D eigenvalue weighted by atomic mass is 10.2. The third-order valence-electron chi connectivity index (χ3n) is 2.57. The van der Waals surface area contributed by atoms with Crippen LogP contribution >= 0.6 is 0 Å². The van der Waals surface area contributed by atoms with E-state index in [1.54, 1.807) is 0 Å². The molecule has 1 aliphatic rings. The molecule has 0 unspecified atom stereocenters. The fraction of sp³-hybridized carbons (Fsp3) is 0.455. The quantitative estimate of drug-likeness (QED) is 0.715. The van der Waals surface area contributed by atoms with Gasteiger partial charge in [0.05, 0.1) is 17.8 Å². The summed E-state index contributed by atoms with van der Waals surface area (Å²) in [6.07, 6.45) is -1.25. The van der Waals surface area contributed by atoms with Crippen LogP contribution in [0.25, 0.3) is 0 Å². The number of halogens is 2. The van der Waals surface area contributed by atoms with E-state index in [1.807, 2.05) is 13.8 Å². The highest BCUT2D eigenvalue weighted by Gasteiger charge is 2.34. The van der Waals surface area contributed by atoms with Gasteiger partial charge in [0, 0.05) is 0 Å². The molecule has 1 fully saturated rings. The minimum atomic E-state index is -0.934. The standard InChI is InChI=1S/C11H12F2O2/c1-6-7(2)15-11(14-6)10-8(12)4-3-5-9(10)13/h3-7,11H,1-2H3/t6-,7-/m1/s1. The summed E-state index contributed by atoms with van der Waals surface area (Å²) in [5, 5.41) is 0. The van der Waals surface area contributed by atoms with Crippen molar-refractivity contribution in [2.75, 3.05) is 0 Å². The topological polar surface area (TPSA) is 18.5 Å². The number of benzene rings is 1. The molecule has 1 aromatic rings. The minimum absolute atomic E-state index is 0.145. The summed E-state index contributed by atoms with van der Waals surface area (Å²) in [7, 11) is 0. The van der Waals surface area contributed by atoms with Crippen molar-refractivity contribution in [1.29, 1.82) is 0 Å². The van der Waals surface area contributed by atoms with Crippen LogP contribution in [0.1, 0.15) is 25.7 Å². The summed E-state index contributed by atoms with van der Waals surface area (Å²) < 4.78 is 37.4. The van der Waals surface area contributed by atoms with Crippen LogP contribution in [0.15, 0.2) is 18.2 Å². The van der Waals surface area contributed by atoms with Crippen molar-refractivity contribution < 1.29 is 18.3 Å². The first kappa shape index (κ1) is 10.5. The van der Waals surface area contributed by atoms with E-state index < -0.39 is 17.9 Å². The van der Waals surface area contributed by atoms with Gasteiger partial charge in [-0.25, -0.2) is 8.78 Å². The van der Waals surface area contributed by atoms with Crippen LogP contribution in [0.2, 0.25) is 0 Å². The second-order valence-corrected chi connectivity index (χ2v) is 3.65. The van der Waals surface area contributed by atoms with Crippen LogP contribution < -0.4 is 0 Å². The first-order valence-electron chi connectivity index (χ1n) is 4.84. The molecule has 2 rings (SSSR count). The fourth-order valence-corrected chi connectivity index (χ4v) is 1.52. The lowest BCUT2D eigenvalue weighted by Crippen LogP contribution is -2.13. The predicted molar refractivity (Wildman–Crippen MR) is 50.2 cm³/mol. The highest BCUT2D eigenvalue weighted by molar-refractivity contribution is 5.21. The van der Waals surface area contributed by atoms with Crippen LogP contribution in [0.3, 0.4) is 0 Å². The maximum Gasteiger partial charge on any atom is 0.190 e. The average molecular weight is 214 g/mol. The molecule has 1 saturated heterocycles. The van der Waals surface area contributed by atoms with E-state index in [4.69, 9.17) is 9.47 Å². The second kappa shape index (κ2) is 3.87. The largest absolute Gasteiger partial charge is 0.342 e. The van der Waals surface area contributed by atoms with Crippen LogP contribution in [0.5, 0.6) is 0 Å². The number of hydrogen-bond acceptors (Lipinski definition) is 2. The van der Waals surface area contributed by atoms with Gasteiger partial charge >= 0.3 is 0 Å². The summed E-state index contributed by atoms with van der Waals surface area (Å²) >= 11 is 0. The van der Waals surface area contributed by atoms with E-state index in [0.717, 1.165) is 0 Å². The Morgan fingerprint density at radius 3 is 1.93 bits per heavy atom. The third-order valence-corrected chi connectivity index (χ3v) is 2.57. The van der Waals surface area contributed by atoms with Gasteiger partial charge in [0.25, 0.3) is 0 Å². The Balaban J connectivity index is 2.31. The van der Waals surface area contributed by atoms with Gasteiger partial charge in [0.15, 0.2) is 6.29 Å². The number of ether oxygens (including phenoxy) is 2. The number of hydrogen-bond donors (Lipinski definition) is 0. The minimum Gasteiger partial charge on any atom is -0.342 e. The van der Waals surface area contributed by atoms with E-state index in [1.165, 1.54) is 18.2 Å². The second-order valence-electron chi connectivity index (χ2n) is 3.65. The molecular weight excluding hydrogens is 202 g/mol. The molecule has 0 amide bonds. The maximum absolute atomic E-state index is 13.4.